The summed E-state index contributed by atoms with van der Waals surface area (Å²) in [7, 11) is 3.01. The van der Waals surface area contributed by atoms with Crippen LogP contribution in [0.2, 0.25) is 0 Å². The van der Waals surface area contributed by atoms with E-state index in [0.717, 1.165) is 43.0 Å². The van der Waals surface area contributed by atoms with Crippen molar-refractivity contribution in [3.63, 3.8) is 0 Å². The van der Waals surface area contributed by atoms with Crippen LogP contribution in [-0.4, -0.2) is 58.8 Å². The highest BCUT2D eigenvalue weighted by atomic mass is 19.3. The molecule has 0 amide bonds. The summed E-state index contributed by atoms with van der Waals surface area (Å²) in [5.41, 5.74) is 3.71. The molecular weight excluding hydrogens is 573 g/mol. The number of halogens is 3. The molecule has 0 radical (unpaired) electrons. The number of anilines is 1. The fraction of sp³-hybridized carbons (Fsp3) is 0.375. The number of carbonyl (C=O) groups excluding carboxylic acids is 1. The number of hydrogen-bond acceptors (Lipinski definition) is 8. The van der Waals surface area contributed by atoms with Gasteiger partial charge in [-0.15, -0.1) is 0 Å². The summed E-state index contributed by atoms with van der Waals surface area (Å²) in [6.07, 6.45) is 2.40. The van der Waals surface area contributed by atoms with Crippen molar-refractivity contribution in [2.75, 3.05) is 31.6 Å². The Morgan fingerprint density at radius 3 is 2.66 bits per heavy atom. The molecule has 2 aliphatic heterocycles. The van der Waals surface area contributed by atoms with Crippen molar-refractivity contribution < 1.29 is 27.4 Å². The van der Waals surface area contributed by atoms with Crippen molar-refractivity contribution in [2.45, 2.75) is 44.9 Å². The zero-order chi connectivity index (χ0) is 31.0. The number of pyridine rings is 1. The van der Waals surface area contributed by atoms with Crippen LogP contribution in [-0.2, 0) is 31.3 Å². The molecule has 0 spiro atoms. The summed E-state index contributed by atoms with van der Waals surface area (Å²) in [6, 6.07) is 13.9. The Bertz CT molecular complexity index is 1760. The molecule has 0 aliphatic carbocycles. The maximum atomic E-state index is 14.7. The lowest BCUT2D eigenvalue weighted by Crippen LogP contribution is -2.34. The number of fused-ring (bicyclic) bond motifs is 2. The summed E-state index contributed by atoms with van der Waals surface area (Å²) in [4.78, 5) is 26.1. The highest BCUT2D eigenvalue weighted by Crippen LogP contribution is 2.33. The van der Waals surface area contributed by atoms with Gasteiger partial charge in [-0.05, 0) is 74.3 Å². The number of nitrogens with zero attached hydrogens (tertiary/aromatic N) is 6. The minimum absolute atomic E-state index is 0.104. The zero-order valence-electron chi connectivity index (χ0n) is 24.4. The summed E-state index contributed by atoms with van der Waals surface area (Å²) in [5.74, 6) is 0.560. The van der Waals surface area contributed by atoms with E-state index < -0.39 is 12.6 Å². The third kappa shape index (κ3) is 5.79. The number of piperidine rings is 1. The van der Waals surface area contributed by atoms with Crippen LogP contribution in [0.4, 0.5) is 19.0 Å². The van der Waals surface area contributed by atoms with Crippen molar-refractivity contribution in [3.05, 3.63) is 82.1 Å². The average Bonchev–Trinajstić information content (AvgIpc) is 3.35. The number of benzene rings is 2. The molecule has 0 bridgehead atoms. The molecule has 0 unspecified atom stereocenters. The Morgan fingerprint density at radius 2 is 1.93 bits per heavy atom. The number of alkyl halides is 2. The van der Waals surface area contributed by atoms with Crippen molar-refractivity contribution in [2.24, 2.45) is 7.05 Å². The lowest BCUT2D eigenvalue weighted by molar-refractivity contribution is -0.0489. The molecule has 1 saturated heterocycles. The van der Waals surface area contributed by atoms with Gasteiger partial charge in [0, 0.05) is 37.3 Å². The lowest BCUT2D eigenvalue weighted by atomic mass is 9.93. The first-order chi connectivity index (χ1) is 21.2. The number of methoxy groups -OCH3 is 1. The maximum Gasteiger partial charge on any atom is 0.387 e. The molecule has 228 valence electrons. The number of likely N-dealkylation sites (tertiary alicyclic amines) is 1. The van der Waals surface area contributed by atoms with Crippen molar-refractivity contribution in [1.82, 2.24) is 19.4 Å². The van der Waals surface area contributed by atoms with Crippen molar-refractivity contribution >= 4 is 22.8 Å². The number of imidazole rings is 1. The molecule has 6 rings (SSSR count). The second-order valence-corrected chi connectivity index (χ2v) is 11.1. The number of esters is 1. The van der Waals surface area contributed by atoms with Crippen LogP contribution in [0.5, 0.6) is 5.75 Å². The smallest absolute Gasteiger partial charge is 0.387 e. The first-order valence-corrected chi connectivity index (χ1v) is 14.4. The molecule has 4 heterocycles. The molecule has 12 heteroatoms. The van der Waals surface area contributed by atoms with Gasteiger partial charge in [-0.25, -0.2) is 19.2 Å². The number of nitriles is 1. The molecule has 2 aromatic heterocycles. The largest absolute Gasteiger partial charge is 0.465 e. The number of hydrogen-bond donors (Lipinski definition) is 0. The highest BCUT2D eigenvalue weighted by molar-refractivity contribution is 5.96. The van der Waals surface area contributed by atoms with Gasteiger partial charge < -0.3 is 18.9 Å². The van der Waals surface area contributed by atoms with E-state index in [4.69, 9.17) is 19.7 Å². The minimum Gasteiger partial charge on any atom is -0.465 e. The second-order valence-electron chi connectivity index (χ2n) is 11.1. The van der Waals surface area contributed by atoms with Crippen LogP contribution < -0.4 is 9.64 Å². The van der Waals surface area contributed by atoms with E-state index in [0.29, 0.717) is 48.5 Å². The van der Waals surface area contributed by atoms with Crippen molar-refractivity contribution in [3.8, 4) is 11.8 Å². The van der Waals surface area contributed by atoms with Gasteiger partial charge in [0.05, 0.1) is 36.4 Å². The Morgan fingerprint density at radius 1 is 1.14 bits per heavy atom. The molecule has 0 N–H and O–H groups in total. The molecule has 2 aliphatic rings. The zero-order valence-corrected chi connectivity index (χ0v) is 24.4. The van der Waals surface area contributed by atoms with Crippen LogP contribution in [0.3, 0.4) is 0 Å². The predicted molar refractivity (Wildman–Crippen MR) is 156 cm³/mol. The highest BCUT2D eigenvalue weighted by Gasteiger charge is 2.26. The number of ether oxygens (including phenoxy) is 2. The van der Waals surface area contributed by atoms with Gasteiger partial charge in [0.25, 0.3) is 0 Å². The van der Waals surface area contributed by atoms with Gasteiger partial charge in [-0.1, -0.05) is 6.07 Å². The fourth-order valence-corrected chi connectivity index (χ4v) is 6.18. The first kappa shape index (κ1) is 29.4. The van der Waals surface area contributed by atoms with E-state index in [2.05, 4.69) is 14.8 Å². The molecule has 9 nitrogen and oxygen atoms in total. The number of rotatable bonds is 7. The van der Waals surface area contributed by atoms with Crippen LogP contribution in [0, 0.1) is 17.1 Å². The molecule has 0 atom stereocenters. The Hall–Kier alpha value is -4.63. The Balaban J connectivity index is 1.14. The Kier molecular flexibility index (Phi) is 8.14. The topological polar surface area (TPSA) is 96.5 Å². The van der Waals surface area contributed by atoms with Gasteiger partial charge in [0.15, 0.2) is 5.75 Å². The van der Waals surface area contributed by atoms with E-state index in [1.807, 2.05) is 24.3 Å². The maximum absolute atomic E-state index is 14.7. The van der Waals surface area contributed by atoms with Gasteiger partial charge in [-0.3, -0.25) is 4.90 Å². The summed E-state index contributed by atoms with van der Waals surface area (Å²) in [5, 5.41) is 9.16. The summed E-state index contributed by atoms with van der Waals surface area (Å²) < 4.78 is 52.3. The van der Waals surface area contributed by atoms with E-state index in [1.165, 1.54) is 19.2 Å². The Labute approximate surface area is 252 Å². The standard InChI is InChI=1S/C32H31F3N6O3/c1-39-26-14-22(31(42)43-2)15-27(44-32(34)35)30(26)38-29(39)18-40-9-6-20(7-10-40)25-4-3-5-28(37-25)41-11-8-21-12-19(16-36)13-24(33)23(21)17-41/h3-5,12-15,20,32H,6-11,17-18H2,1-2H3. The van der Waals surface area contributed by atoms with Crippen LogP contribution in [0.25, 0.3) is 11.0 Å². The van der Waals surface area contributed by atoms with E-state index >= 15 is 0 Å². The third-order valence-corrected chi connectivity index (χ3v) is 8.55. The van der Waals surface area contributed by atoms with E-state index in [1.54, 1.807) is 23.7 Å². The van der Waals surface area contributed by atoms with Gasteiger partial charge >= 0.3 is 12.6 Å². The molecule has 4 aromatic rings. The second kappa shape index (κ2) is 12.2. The van der Waals surface area contributed by atoms with Crippen LogP contribution in [0.1, 0.15) is 57.3 Å². The number of carbonyl (C=O) groups is 1. The number of aromatic nitrogens is 3. The molecule has 0 saturated carbocycles. The quantitative estimate of drug-likeness (QED) is 0.262. The molecular formula is C32H31F3N6O3. The lowest BCUT2D eigenvalue weighted by Gasteiger charge is -2.33. The average molecular weight is 605 g/mol. The minimum atomic E-state index is -3.06. The van der Waals surface area contributed by atoms with Crippen LogP contribution in [0.15, 0.2) is 42.5 Å². The molecule has 1 fully saturated rings. The fourth-order valence-electron chi connectivity index (χ4n) is 6.18. The summed E-state index contributed by atoms with van der Waals surface area (Å²) >= 11 is 0. The first-order valence-electron chi connectivity index (χ1n) is 14.4. The monoisotopic (exact) mass is 604 g/mol. The normalized spacial score (nSPS) is 15.8. The summed E-state index contributed by atoms with van der Waals surface area (Å²) in [6.45, 7) is 0.116. The van der Waals surface area contributed by atoms with Gasteiger partial charge in [0.1, 0.15) is 23.0 Å². The van der Waals surface area contributed by atoms with E-state index in [9.17, 15) is 18.0 Å². The predicted octanol–water partition coefficient (Wildman–Crippen LogP) is 5.31. The molecule has 2 aromatic carbocycles. The SMILES string of the molecule is COC(=O)c1cc(OC(F)F)c2nc(CN3CCC(c4cccc(N5CCc6cc(C#N)cc(F)c6C5)n4)CC3)n(C)c2c1. The third-order valence-electron chi connectivity index (χ3n) is 8.55. The van der Waals surface area contributed by atoms with Crippen molar-refractivity contribution in [1.29, 1.82) is 5.26 Å². The van der Waals surface area contributed by atoms with Crippen LogP contribution >= 0.6 is 0 Å². The van der Waals surface area contributed by atoms with E-state index in [-0.39, 0.29) is 28.6 Å². The van der Waals surface area contributed by atoms with Gasteiger partial charge in [0.2, 0.25) is 0 Å². The molecule has 44 heavy (non-hydrogen) atoms. The van der Waals surface area contributed by atoms with Gasteiger partial charge in [-0.2, -0.15) is 14.0 Å². The number of aryl methyl sites for hydroxylation is 1.